The molecule has 0 saturated carbocycles. The molecule has 0 unspecified atom stereocenters. The fourth-order valence-corrected chi connectivity index (χ4v) is 2.42. The van der Waals surface area contributed by atoms with Crippen molar-refractivity contribution < 1.29 is 4.74 Å². The number of hydrogen-bond acceptors (Lipinski definition) is 3. The van der Waals surface area contributed by atoms with Gasteiger partial charge in [-0.25, -0.2) is 4.98 Å². The molecule has 0 aliphatic rings. The zero-order valence-electron chi connectivity index (χ0n) is 9.43. The van der Waals surface area contributed by atoms with E-state index in [1.54, 1.807) is 11.3 Å². The highest BCUT2D eigenvalue weighted by atomic mass is 32.1. The van der Waals surface area contributed by atoms with Gasteiger partial charge in [0.25, 0.3) is 0 Å². The van der Waals surface area contributed by atoms with Crippen LogP contribution < -0.4 is 4.74 Å². The van der Waals surface area contributed by atoms with Crippen LogP contribution in [0.5, 0.6) is 5.75 Å². The third kappa shape index (κ3) is 2.17. The summed E-state index contributed by atoms with van der Waals surface area (Å²) in [7, 11) is 0. The highest BCUT2D eigenvalue weighted by Crippen LogP contribution is 2.21. The minimum absolute atomic E-state index is 0.536. The summed E-state index contributed by atoms with van der Waals surface area (Å²) in [6, 6.07) is 8.07. The van der Waals surface area contributed by atoms with Crippen LogP contribution in [0.25, 0.3) is 10.9 Å². The Morgan fingerprint density at radius 1 is 1.35 bits per heavy atom. The smallest absolute Gasteiger partial charge is 0.140 e. The molecule has 4 heteroatoms. The molecule has 0 radical (unpaired) electrons. The Kier molecular flexibility index (Phi) is 2.57. The lowest BCUT2D eigenvalue weighted by Gasteiger charge is -2.03. The first-order valence-corrected chi connectivity index (χ1v) is 6.30. The van der Waals surface area contributed by atoms with Crippen molar-refractivity contribution in [3.8, 4) is 5.75 Å². The molecule has 3 rings (SSSR count). The van der Waals surface area contributed by atoms with Gasteiger partial charge in [0.05, 0.1) is 0 Å². The highest BCUT2D eigenvalue weighted by Gasteiger charge is 2.01. The number of ether oxygens (including phenoxy) is 1. The second-order valence-corrected chi connectivity index (χ2v) is 4.84. The van der Waals surface area contributed by atoms with Crippen LogP contribution in [0.3, 0.4) is 0 Å². The third-order valence-corrected chi connectivity index (χ3v) is 3.49. The minimum atomic E-state index is 0.536. The molecule has 0 spiro atoms. The fraction of sp³-hybridized carbons (Fsp3) is 0.154. The predicted octanol–water partition coefficient (Wildman–Crippen LogP) is 3.51. The van der Waals surface area contributed by atoms with Crippen LogP contribution in [0, 0.1) is 6.92 Å². The Balaban J connectivity index is 1.76. The molecule has 3 nitrogen and oxygen atoms in total. The van der Waals surface area contributed by atoms with Crippen LogP contribution in [0.1, 0.15) is 10.7 Å². The molecular formula is C13H12N2OS. The summed E-state index contributed by atoms with van der Waals surface area (Å²) in [5, 5.41) is 4.21. The normalized spacial score (nSPS) is 10.9. The van der Waals surface area contributed by atoms with Crippen LogP contribution in [0.2, 0.25) is 0 Å². The number of aromatic nitrogens is 2. The maximum atomic E-state index is 5.72. The molecule has 0 atom stereocenters. The van der Waals surface area contributed by atoms with Crippen molar-refractivity contribution in [2.45, 2.75) is 13.5 Å². The summed E-state index contributed by atoms with van der Waals surface area (Å²) in [4.78, 5) is 7.52. The summed E-state index contributed by atoms with van der Waals surface area (Å²) in [5.41, 5.74) is 2.18. The standard InChI is InChI=1S/C13H12N2OS/c1-9-8-17-13(15-9)7-16-11-2-3-12-10(6-11)4-5-14-12/h2-6,8,14H,7H2,1H3. The second kappa shape index (κ2) is 4.22. The molecular weight excluding hydrogens is 232 g/mol. The summed E-state index contributed by atoms with van der Waals surface area (Å²) >= 11 is 1.63. The van der Waals surface area contributed by atoms with Crippen molar-refractivity contribution in [2.24, 2.45) is 0 Å². The quantitative estimate of drug-likeness (QED) is 0.765. The van der Waals surface area contributed by atoms with E-state index in [-0.39, 0.29) is 0 Å². The van der Waals surface area contributed by atoms with Crippen molar-refractivity contribution >= 4 is 22.2 Å². The van der Waals surface area contributed by atoms with E-state index in [4.69, 9.17) is 4.74 Å². The van der Waals surface area contributed by atoms with E-state index in [0.717, 1.165) is 27.4 Å². The number of H-pyrrole nitrogens is 1. The van der Waals surface area contributed by atoms with Crippen LogP contribution in [-0.4, -0.2) is 9.97 Å². The molecule has 0 saturated heterocycles. The third-order valence-electron chi connectivity index (χ3n) is 2.55. The molecule has 1 aromatic carbocycles. The number of hydrogen-bond donors (Lipinski definition) is 1. The molecule has 0 aliphatic heterocycles. The zero-order chi connectivity index (χ0) is 11.7. The van der Waals surface area contributed by atoms with Crippen molar-refractivity contribution in [3.05, 3.63) is 46.5 Å². The molecule has 0 bridgehead atoms. The Morgan fingerprint density at radius 2 is 2.29 bits per heavy atom. The van der Waals surface area contributed by atoms with Gasteiger partial charge in [-0.05, 0) is 31.2 Å². The van der Waals surface area contributed by atoms with Crippen LogP contribution in [-0.2, 0) is 6.61 Å². The molecule has 0 fully saturated rings. The molecule has 0 aliphatic carbocycles. The first kappa shape index (κ1) is 10.4. The number of aryl methyl sites for hydroxylation is 1. The summed E-state index contributed by atoms with van der Waals surface area (Å²) in [6.07, 6.45) is 1.93. The molecule has 3 aromatic rings. The monoisotopic (exact) mass is 244 g/mol. The average Bonchev–Trinajstić information content (AvgIpc) is 2.94. The summed E-state index contributed by atoms with van der Waals surface area (Å²) in [5.74, 6) is 0.880. The number of fused-ring (bicyclic) bond motifs is 1. The van der Waals surface area contributed by atoms with Gasteiger partial charge in [-0.1, -0.05) is 0 Å². The van der Waals surface area contributed by atoms with E-state index in [2.05, 4.69) is 9.97 Å². The van der Waals surface area contributed by atoms with Gasteiger partial charge in [-0.15, -0.1) is 11.3 Å². The molecule has 2 aromatic heterocycles. The zero-order valence-corrected chi connectivity index (χ0v) is 10.3. The maximum absolute atomic E-state index is 5.72. The topological polar surface area (TPSA) is 37.9 Å². The van der Waals surface area contributed by atoms with Gasteiger partial charge in [0.2, 0.25) is 0 Å². The summed E-state index contributed by atoms with van der Waals surface area (Å²) in [6.45, 7) is 2.53. The lowest BCUT2D eigenvalue weighted by Crippen LogP contribution is -1.94. The fourth-order valence-electron chi connectivity index (χ4n) is 1.74. The van der Waals surface area contributed by atoms with Gasteiger partial charge in [-0.3, -0.25) is 0 Å². The van der Waals surface area contributed by atoms with Crippen LogP contribution in [0.15, 0.2) is 35.8 Å². The van der Waals surface area contributed by atoms with Gasteiger partial charge in [-0.2, -0.15) is 0 Å². The molecule has 17 heavy (non-hydrogen) atoms. The predicted molar refractivity (Wildman–Crippen MR) is 69.5 cm³/mol. The Morgan fingerprint density at radius 3 is 3.12 bits per heavy atom. The van der Waals surface area contributed by atoms with Crippen molar-refractivity contribution in [1.29, 1.82) is 0 Å². The number of nitrogens with zero attached hydrogens (tertiary/aromatic N) is 1. The van der Waals surface area contributed by atoms with E-state index in [0.29, 0.717) is 6.61 Å². The lowest BCUT2D eigenvalue weighted by molar-refractivity contribution is 0.306. The van der Waals surface area contributed by atoms with Crippen LogP contribution in [0.4, 0.5) is 0 Å². The largest absolute Gasteiger partial charge is 0.486 e. The van der Waals surface area contributed by atoms with Gasteiger partial charge in [0.1, 0.15) is 17.4 Å². The maximum Gasteiger partial charge on any atom is 0.140 e. The van der Waals surface area contributed by atoms with Gasteiger partial charge in [0.15, 0.2) is 0 Å². The van der Waals surface area contributed by atoms with E-state index in [1.165, 1.54) is 0 Å². The van der Waals surface area contributed by atoms with Gasteiger partial charge in [0, 0.05) is 28.2 Å². The van der Waals surface area contributed by atoms with Crippen molar-refractivity contribution in [2.75, 3.05) is 0 Å². The summed E-state index contributed by atoms with van der Waals surface area (Å²) < 4.78 is 5.72. The second-order valence-electron chi connectivity index (χ2n) is 3.90. The van der Waals surface area contributed by atoms with E-state index < -0.39 is 0 Å². The number of rotatable bonds is 3. The Bertz CT molecular complexity index is 641. The van der Waals surface area contributed by atoms with E-state index in [9.17, 15) is 0 Å². The Labute approximate surface area is 103 Å². The van der Waals surface area contributed by atoms with Crippen molar-refractivity contribution in [3.63, 3.8) is 0 Å². The average molecular weight is 244 g/mol. The van der Waals surface area contributed by atoms with E-state index in [1.807, 2.05) is 42.8 Å². The minimum Gasteiger partial charge on any atom is -0.486 e. The molecule has 1 N–H and O–H groups in total. The lowest BCUT2D eigenvalue weighted by atomic mass is 10.2. The van der Waals surface area contributed by atoms with Crippen LogP contribution >= 0.6 is 11.3 Å². The number of nitrogens with one attached hydrogen (secondary N) is 1. The SMILES string of the molecule is Cc1csc(COc2ccc3[nH]ccc3c2)n1. The number of aromatic amines is 1. The van der Waals surface area contributed by atoms with Gasteiger partial charge >= 0.3 is 0 Å². The number of thiazole rings is 1. The van der Waals surface area contributed by atoms with E-state index >= 15 is 0 Å². The number of benzene rings is 1. The Hall–Kier alpha value is -1.81. The molecule has 2 heterocycles. The van der Waals surface area contributed by atoms with Crippen molar-refractivity contribution in [1.82, 2.24) is 9.97 Å². The molecule has 86 valence electrons. The first-order chi connectivity index (χ1) is 8.31. The van der Waals surface area contributed by atoms with Gasteiger partial charge < -0.3 is 9.72 Å². The molecule has 0 amide bonds. The highest BCUT2D eigenvalue weighted by molar-refractivity contribution is 7.09. The first-order valence-electron chi connectivity index (χ1n) is 5.42.